The number of piperidine rings is 2. The lowest BCUT2D eigenvalue weighted by Gasteiger charge is -2.34. The van der Waals surface area contributed by atoms with Gasteiger partial charge in [0.2, 0.25) is 0 Å². The first-order chi connectivity index (χ1) is 9.38. The maximum absolute atomic E-state index is 12.3. The smallest absolute Gasteiger partial charge is 0.307 e. The second kappa shape index (κ2) is 6.38. The van der Waals surface area contributed by atoms with Crippen LogP contribution in [0, 0.1) is 5.92 Å². The minimum atomic E-state index is -3.58. The molecule has 0 aromatic rings. The predicted octanol–water partition coefficient (Wildman–Crippen LogP) is -0.288. The molecule has 116 valence electrons. The summed E-state index contributed by atoms with van der Waals surface area (Å²) in [6, 6.07) is -0.0797. The number of carboxylic acid groups (broad SMARTS) is 1. The quantitative estimate of drug-likeness (QED) is 0.745. The van der Waals surface area contributed by atoms with Gasteiger partial charge < -0.3 is 10.0 Å². The first-order valence-corrected chi connectivity index (χ1v) is 8.51. The van der Waals surface area contributed by atoms with Gasteiger partial charge in [0.25, 0.3) is 10.2 Å². The number of carbonyl (C=O) groups is 1. The first-order valence-electron chi connectivity index (χ1n) is 7.07. The molecule has 20 heavy (non-hydrogen) atoms. The molecule has 2 aliphatic heterocycles. The van der Waals surface area contributed by atoms with Crippen molar-refractivity contribution in [1.82, 2.24) is 13.9 Å². The van der Waals surface area contributed by atoms with E-state index in [9.17, 15) is 13.2 Å². The van der Waals surface area contributed by atoms with Gasteiger partial charge in [0.05, 0.1) is 5.92 Å². The number of likely N-dealkylation sites (tertiary alicyclic amines) is 1. The van der Waals surface area contributed by atoms with E-state index in [0.717, 1.165) is 19.4 Å². The highest BCUT2D eigenvalue weighted by molar-refractivity contribution is 7.87. The molecule has 8 heteroatoms. The molecule has 0 amide bonds. The lowest BCUT2D eigenvalue weighted by Crippen LogP contribution is -2.53. The van der Waals surface area contributed by atoms with Gasteiger partial charge in [0, 0.05) is 25.7 Å². The molecule has 0 aromatic carbocycles. The Hall–Kier alpha value is -0.700. The van der Waals surface area contributed by atoms with Gasteiger partial charge in [-0.3, -0.25) is 4.79 Å². The van der Waals surface area contributed by atoms with Gasteiger partial charge in [-0.15, -0.1) is 0 Å². The average molecular weight is 305 g/mol. The van der Waals surface area contributed by atoms with Crippen molar-refractivity contribution in [2.24, 2.45) is 5.92 Å². The predicted molar refractivity (Wildman–Crippen MR) is 74.5 cm³/mol. The Morgan fingerprint density at radius 2 is 1.90 bits per heavy atom. The van der Waals surface area contributed by atoms with Gasteiger partial charge >= 0.3 is 5.97 Å². The molecule has 2 saturated heterocycles. The summed E-state index contributed by atoms with van der Waals surface area (Å²) in [6.07, 6.45) is 2.96. The van der Waals surface area contributed by atoms with E-state index in [1.165, 1.54) is 4.31 Å². The molecule has 0 radical (unpaired) electrons. The molecule has 2 unspecified atom stereocenters. The van der Waals surface area contributed by atoms with Crippen LogP contribution in [0.3, 0.4) is 0 Å². The molecule has 2 heterocycles. The molecule has 0 saturated carbocycles. The second-order valence-electron chi connectivity index (χ2n) is 5.76. The third-order valence-electron chi connectivity index (χ3n) is 4.01. The van der Waals surface area contributed by atoms with E-state index in [-0.39, 0.29) is 12.6 Å². The number of likely N-dealkylation sites (N-methyl/N-ethyl adjacent to an activating group) is 1. The van der Waals surface area contributed by atoms with E-state index < -0.39 is 22.1 Å². The Balaban J connectivity index is 1.97. The fourth-order valence-corrected chi connectivity index (χ4v) is 4.42. The highest BCUT2D eigenvalue weighted by Crippen LogP contribution is 2.19. The van der Waals surface area contributed by atoms with E-state index in [1.807, 2.05) is 7.05 Å². The molecular formula is C12H23N3O4S. The third kappa shape index (κ3) is 3.91. The van der Waals surface area contributed by atoms with Gasteiger partial charge in [0.1, 0.15) is 0 Å². The molecule has 0 aromatic heterocycles. The fourth-order valence-electron chi connectivity index (χ4n) is 2.91. The van der Waals surface area contributed by atoms with Crippen LogP contribution in [0.2, 0.25) is 0 Å². The van der Waals surface area contributed by atoms with Crippen molar-refractivity contribution < 1.29 is 18.3 Å². The zero-order chi connectivity index (χ0) is 14.8. The van der Waals surface area contributed by atoms with Crippen LogP contribution < -0.4 is 4.72 Å². The minimum absolute atomic E-state index is 0.0766. The number of hydrogen-bond donors (Lipinski definition) is 2. The van der Waals surface area contributed by atoms with Crippen LogP contribution >= 0.6 is 0 Å². The molecule has 2 N–H and O–H groups in total. The van der Waals surface area contributed by atoms with Crippen LogP contribution in [0.1, 0.15) is 25.7 Å². The number of nitrogens with one attached hydrogen (secondary N) is 1. The lowest BCUT2D eigenvalue weighted by molar-refractivity contribution is -0.142. The highest BCUT2D eigenvalue weighted by Gasteiger charge is 2.33. The SMILES string of the molecule is CN1CCCC(NS(=O)(=O)N2CCCC(C(=O)O)C2)C1. The topological polar surface area (TPSA) is 90.0 Å². The molecule has 2 fully saturated rings. The monoisotopic (exact) mass is 305 g/mol. The van der Waals surface area contributed by atoms with Gasteiger partial charge in [-0.05, 0) is 39.3 Å². The molecule has 2 atom stereocenters. The number of hydrogen-bond acceptors (Lipinski definition) is 4. The summed E-state index contributed by atoms with van der Waals surface area (Å²) in [5.74, 6) is -1.50. The van der Waals surface area contributed by atoms with Crippen molar-refractivity contribution in [2.45, 2.75) is 31.7 Å². The van der Waals surface area contributed by atoms with Crippen molar-refractivity contribution in [3.8, 4) is 0 Å². The molecule has 0 spiro atoms. The van der Waals surface area contributed by atoms with Crippen molar-refractivity contribution in [1.29, 1.82) is 0 Å². The Labute approximate surface area is 120 Å². The lowest BCUT2D eigenvalue weighted by atomic mass is 10.0. The minimum Gasteiger partial charge on any atom is -0.481 e. The molecule has 2 aliphatic rings. The number of aliphatic carboxylic acids is 1. The summed E-state index contributed by atoms with van der Waals surface area (Å²) in [5, 5.41) is 9.03. The number of carboxylic acids is 1. The zero-order valence-corrected chi connectivity index (χ0v) is 12.6. The van der Waals surface area contributed by atoms with E-state index >= 15 is 0 Å². The average Bonchev–Trinajstić information content (AvgIpc) is 2.38. The van der Waals surface area contributed by atoms with E-state index in [0.29, 0.717) is 25.9 Å². The van der Waals surface area contributed by atoms with Gasteiger partial charge in [-0.25, -0.2) is 0 Å². The second-order valence-corrected chi connectivity index (χ2v) is 7.46. The van der Waals surface area contributed by atoms with Crippen LogP contribution in [-0.2, 0) is 15.0 Å². The van der Waals surface area contributed by atoms with E-state index in [4.69, 9.17) is 5.11 Å². The van der Waals surface area contributed by atoms with Crippen LogP contribution in [0.25, 0.3) is 0 Å². The van der Waals surface area contributed by atoms with Gasteiger partial charge in [-0.2, -0.15) is 17.4 Å². The van der Waals surface area contributed by atoms with Gasteiger partial charge in [0.15, 0.2) is 0 Å². The Morgan fingerprint density at radius 3 is 2.55 bits per heavy atom. The van der Waals surface area contributed by atoms with Crippen molar-refractivity contribution >= 4 is 16.2 Å². The fraction of sp³-hybridized carbons (Fsp3) is 0.917. The van der Waals surface area contributed by atoms with Crippen LogP contribution in [0.4, 0.5) is 0 Å². The zero-order valence-electron chi connectivity index (χ0n) is 11.8. The summed E-state index contributed by atoms with van der Waals surface area (Å²) in [5.41, 5.74) is 0. The number of nitrogens with zero attached hydrogens (tertiary/aromatic N) is 2. The maximum Gasteiger partial charge on any atom is 0.307 e. The highest BCUT2D eigenvalue weighted by atomic mass is 32.2. The first kappa shape index (κ1) is 15.7. The Bertz CT molecular complexity index is 454. The molecule has 0 bridgehead atoms. The molecular weight excluding hydrogens is 282 g/mol. The summed E-state index contributed by atoms with van der Waals surface area (Å²) < 4.78 is 28.7. The standard InChI is InChI=1S/C12H23N3O4S/c1-14-6-3-5-11(9-14)13-20(18,19)15-7-2-4-10(8-15)12(16)17/h10-11,13H,2-9H2,1H3,(H,16,17). The van der Waals surface area contributed by atoms with Crippen molar-refractivity contribution in [3.63, 3.8) is 0 Å². The molecule has 0 aliphatic carbocycles. The summed E-state index contributed by atoms with van der Waals surface area (Å²) in [7, 11) is -1.61. The summed E-state index contributed by atoms with van der Waals surface area (Å²) in [6.45, 7) is 2.17. The van der Waals surface area contributed by atoms with Crippen molar-refractivity contribution in [3.05, 3.63) is 0 Å². The van der Waals surface area contributed by atoms with Gasteiger partial charge in [-0.1, -0.05) is 0 Å². The van der Waals surface area contributed by atoms with Crippen molar-refractivity contribution in [2.75, 3.05) is 33.2 Å². The normalized spacial score (nSPS) is 30.2. The third-order valence-corrected chi connectivity index (χ3v) is 5.66. The number of rotatable bonds is 4. The molecule has 2 rings (SSSR count). The Kier molecular flexibility index (Phi) is 5.00. The summed E-state index contributed by atoms with van der Waals surface area (Å²) >= 11 is 0. The van der Waals surface area contributed by atoms with E-state index in [2.05, 4.69) is 9.62 Å². The largest absolute Gasteiger partial charge is 0.481 e. The maximum atomic E-state index is 12.3. The Morgan fingerprint density at radius 1 is 1.20 bits per heavy atom. The van der Waals surface area contributed by atoms with Crippen LogP contribution in [0.5, 0.6) is 0 Å². The summed E-state index contributed by atoms with van der Waals surface area (Å²) in [4.78, 5) is 13.1. The van der Waals surface area contributed by atoms with E-state index in [1.54, 1.807) is 0 Å². The van der Waals surface area contributed by atoms with Crippen LogP contribution in [0.15, 0.2) is 0 Å². The molecule has 7 nitrogen and oxygen atoms in total. The van der Waals surface area contributed by atoms with Crippen LogP contribution in [-0.4, -0.2) is 68.0 Å².